The molecule has 1 rings (SSSR count). The Kier molecular flexibility index (Phi) is 5.17. The Hall–Kier alpha value is -0.170. The van der Waals surface area contributed by atoms with Crippen LogP contribution in [0.1, 0.15) is 26.7 Å². The molecule has 16 heavy (non-hydrogen) atoms. The Morgan fingerprint density at radius 3 is 2.81 bits per heavy atom. The predicted octanol–water partition coefficient (Wildman–Crippen LogP) is 0.0681. The molecule has 1 heterocycles. The van der Waals surface area contributed by atoms with Gasteiger partial charge in [-0.1, -0.05) is 6.92 Å². The van der Waals surface area contributed by atoms with Crippen molar-refractivity contribution in [3.63, 3.8) is 0 Å². The van der Waals surface area contributed by atoms with E-state index >= 15 is 0 Å². The van der Waals surface area contributed by atoms with Gasteiger partial charge in [0.15, 0.2) is 0 Å². The fraction of sp³-hybridized carbons (Fsp3) is 1.00. The van der Waals surface area contributed by atoms with Crippen LogP contribution in [0, 0.1) is 5.92 Å². The molecule has 0 aromatic rings. The second-order valence-electron chi connectivity index (χ2n) is 4.31. The van der Waals surface area contributed by atoms with Crippen molar-refractivity contribution in [3.05, 3.63) is 0 Å². The highest BCUT2D eigenvalue weighted by Crippen LogP contribution is 2.22. The van der Waals surface area contributed by atoms with Crippen LogP contribution in [0.15, 0.2) is 0 Å². The Bertz CT molecular complexity index is 305. The lowest BCUT2D eigenvalue weighted by Crippen LogP contribution is -2.40. The van der Waals surface area contributed by atoms with Crippen LogP contribution in [-0.2, 0) is 14.8 Å². The van der Waals surface area contributed by atoms with Gasteiger partial charge in [0.25, 0.3) is 0 Å². The number of hydrogen-bond acceptors (Lipinski definition) is 4. The quantitative estimate of drug-likeness (QED) is 0.699. The lowest BCUT2D eigenvalue weighted by molar-refractivity contribution is 0.0884. The molecule has 6 heteroatoms. The van der Waals surface area contributed by atoms with E-state index in [0.29, 0.717) is 12.5 Å². The Morgan fingerprint density at radius 1 is 1.56 bits per heavy atom. The first kappa shape index (κ1) is 13.9. The molecule has 3 N–H and O–H groups in total. The van der Waals surface area contributed by atoms with Crippen LogP contribution in [0.5, 0.6) is 0 Å². The summed E-state index contributed by atoms with van der Waals surface area (Å²) in [5.74, 6) is 0.296. The highest BCUT2D eigenvalue weighted by atomic mass is 32.2. The van der Waals surface area contributed by atoms with Crippen molar-refractivity contribution in [2.24, 2.45) is 11.7 Å². The van der Waals surface area contributed by atoms with Gasteiger partial charge >= 0.3 is 0 Å². The molecule has 96 valence electrons. The maximum absolute atomic E-state index is 11.7. The summed E-state index contributed by atoms with van der Waals surface area (Å²) in [4.78, 5) is 0. The summed E-state index contributed by atoms with van der Waals surface area (Å²) >= 11 is 0. The molecule has 0 saturated carbocycles. The molecule has 0 aliphatic carbocycles. The smallest absolute Gasteiger partial charge is 0.215 e. The summed E-state index contributed by atoms with van der Waals surface area (Å²) in [6.07, 6.45) is 2.05. The summed E-state index contributed by atoms with van der Waals surface area (Å²) in [5.41, 5.74) is 5.35. The molecule has 0 spiro atoms. The van der Waals surface area contributed by atoms with Crippen LogP contribution >= 0.6 is 0 Å². The van der Waals surface area contributed by atoms with Gasteiger partial charge in [-0.25, -0.2) is 13.1 Å². The van der Waals surface area contributed by atoms with Crippen molar-refractivity contribution in [2.45, 2.75) is 38.0 Å². The summed E-state index contributed by atoms with van der Waals surface area (Å²) in [5, 5.41) is -0.533. The largest absolute Gasteiger partial charge is 0.378 e. The van der Waals surface area contributed by atoms with E-state index in [9.17, 15) is 8.42 Å². The monoisotopic (exact) mass is 250 g/mol. The van der Waals surface area contributed by atoms with E-state index in [2.05, 4.69) is 11.6 Å². The summed E-state index contributed by atoms with van der Waals surface area (Å²) < 4.78 is 31.5. The molecule has 3 atom stereocenters. The Morgan fingerprint density at radius 2 is 2.25 bits per heavy atom. The number of sulfonamides is 1. The standard InChI is InChI=1S/C10H22N2O3S/c1-3-10-9(4-5-15-10)7-12-16(13,14)8(2)6-11/h8-10,12H,3-7,11H2,1-2H3. The van der Waals surface area contributed by atoms with E-state index in [1.807, 2.05) is 0 Å². The second kappa shape index (κ2) is 5.95. The zero-order chi connectivity index (χ0) is 12.2. The SMILES string of the molecule is CCC1OCCC1CNS(=O)(=O)C(C)CN. The molecule has 1 aliphatic heterocycles. The van der Waals surface area contributed by atoms with E-state index in [1.165, 1.54) is 0 Å². The number of nitrogens with two attached hydrogens (primary N) is 1. The van der Waals surface area contributed by atoms with Gasteiger partial charge in [-0.2, -0.15) is 0 Å². The highest BCUT2D eigenvalue weighted by Gasteiger charge is 2.28. The fourth-order valence-corrected chi connectivity index (χ4v) is 2.85. The molecule has 0 aromatic carbocycles. The lowest BCUT2D eigenvalue weighted by atomic mass is 10.0. The van der Waals surface area contributed by atoms with Crippen LogP contribution in [0.3, 0.4) is 0 Å². The van der Waals surface area contributed by atoms with E-state index in [-0.39, 0.29) is 12.6 Å². The zero-order valence-corrected chi connectivity index (χ0v) is 10.8. The zero-order valence-electron chi connectivity index (χ0n) is 9.98. The molecule has 0 radical (unpaired) electrons. The third-order valence-corrected chi connectivity index (χ3v) is 4.98. The molecule has 0 aromatic heterocycles. The van der Waals surface area contributed by atoms with Crippen LogP contribution in [0.4, 0.5) is 0 Å². The van der Waals surface area contributed by atoms with Crippen LogP contribution < -0.4 is 10.5 Å². The minimum absolute atomic E-state index is 0.147. The maximum atomic E-state index is 11.7. The first-order valence-corrected chi connectivity index (χ1v) is 7.36. The molecule has 0 bridgehead atoms. The van der Waals surface area contributed by atoms with Crippen molar-refractivity contribution in [1.29, 1.82) is 0 Å². The van der Waals surface area contributed by atoms with Gasteiger partial charge in [-0.05, 0) is 19.8 Å². The second-order valence-corrected chi connectivity index (χ2v) is 6.49. The molecule has 1 fully saturated rings. The van der Waals surface area contributed by atoms with E-state index < -0.39 is 15.3 Å². The summed E-state index contributed by atoms with van der Waals surface area (Å²) in [7, 11) is -3.26. The van der Waals surface area contributed by atoms with Gasteiger partial charge in [0.2, 0.25) is 10.0 Å². The normalized spacial score (nSPS) is 28.2. The van der Waals surface area contributed by atoms with Gasteiger partial charge in [0.1, 0.15) is 0 Å². The van der Waals surface area contributed by atoms with Crippen molar-refractivity contribution >= 4 is 10.0 Å². The minimum atomic E-state index is -3.26. The molecule has 0 amide bonds. The van der Waals surface area contributed by atoms with Crippen LogP contribution in [-0.4, -0.2) is 39.5 Å². The van der Waals surface area contributed by atoms with Crippen LogP contribution in [0.2, 0.25) is 0 Å². The van der Waals surface area contributed by atoms with Crippen molar-refractivity contribution < 1.29 is 13.2 Å². The number of hydrogen-bond donors (Lipinski definition) is 2. The topological polar surface area (TPSA) is 81.4 Å². The number of nitrogens with one attached hydrogen (secondary N) is 1. The van der Waals surface area contributed by atoms with Gasteiger partial charge in [0, 0.05) is 25.6 Å². The van der Waals surface area contributed by atoms with Gasteiger partial charge in [-0.3, -0.25) is 0 Å². The van der Waals surface area contributed by atoms with Crippen LogP contribution in [0.25, 0.3) is 0 Å². The fourth-order valence-electron chi connectivity index (χ4n) is 1.87. The van der Waals surface area contributed by atoms with E-state index in [1.54, 1.807) is 6.92 Å². The number of rotatable bonds is 6. The Balaban J connectivity index is 2.45. The highest BCUT2D eigenvalue weighted by molar-refractivity contribution is 7.90. The maximum Gasteiger partial charge on any atom is 0.215 e. The molecule has 1 aliphatic rings. The number of ether oxygens (including phenoxy) is 1. The van der Waals surface area contributed by atoms with Gasteiger partial charge in [0.05, 0.1) is 11.4 Å². The lowest BCUT2D eigenvalue weighted by Gasteiger charge is -2.18. The summed E-state index contributed by atoms with van der Waals surface area (Å²) in [6, 6.07) is 0. The molecule has 3 unspecified atom stereocenters. The third kappa shape index (κ3) is 3.41. The first-order chi connectivity index (χ1) is 7.51. The van der Waals surface area contributed by atoms with Crippen molar-refractivity contribution in [2.75, 3.05) is 19.7 Å². The molecular weight excluding hydrogens is 228 g/mol. The summed E-state index contributed by atoms with van der Waals surface area (Å²) in [6.45, 7) is 5.01. The average molecular weight is 250 g/mol. The average Bonchev–Trinajstić information content (AvgIpc) is 2.72. The van der Waals surface area contributed by atoms with Crippen molar-refractivity contribution in [1.82, 2.24) is 4.72 Å². The molecule has 5 nitrogen and oxygen atoms in total. The predicted molar refractivity (Wildman–Crippen MR) is 63.6 cm³/mol. The minimum Gasteiger partial charge on any atom is -0.378 e. The van der Waals surface area contributed by atoms with Gasteiger partial charge < -0.3 is 10.5 Å². The molecule has 1 saturated heterocycles. The Labute approximate surface area is 97.8 Å². The molecular formula is C10H22N2O3S. The van der Waals surface area contributed by atoms with E-state index in [4.69, 9.17) is 10.5 Å². The third-order valence-electron chi connectivity index (χ3n) is 3.16. The van der Waals surface area contributed by atoms with Gasteiger partial charge in [-0.15, -0.1) is 0 Å². The van der Waals surface area contributed by atoms with Crippen molar-refractivity contribution in [3.8, 4) is 0 Å². The van der Waals surface area contributed by atoms with E-state index in [0.717, 1.165) is 19.4 Å². The first-order valence-electron chi connectivity index (χ1n) is 5.81.